The first-order chi connectivity index (χ1) is 13.2. The number of nitrogens with zero attached hydrogens (tertiary/aromatic N) is 4. The number of aromatic nitrogens is 3. The van der Waals surface area contributed by atoms with Crippen LogP contribution >= 0.6 is 0 Å². The SMILES string of the molecule is Cc1nc(NCCNC(=O)c2cc3ccccn3c2)cc(N2CCCC2)n1. The molecule has 4 heterocycles. The zero-order valence-electron chi connectivity index (χ0n) is 15.5. The molecule has 0 aromatic carbocycles. The molecule has 7 nitrogen and oxygen atoms in total. The van der Waals surface area contributed by atoms with Gasteiger partial charge in [-0.2, -0.15) is 0 Å². The highest BCUT2D eigenvalue weighted by molar-refractivity contribution is 5.95. The van der Waals surface area contributed by atoms with Gasteiger partial charge in [-0.25, -0.2) is 9.97 Å². The molecule has 7 heteroatoms. The molecule has 140 valence electrons. The number of anilines is 2. The number of carbonyl (C=O) groups excluding carboxylic acids is 1. The van der Waals surface area contributed by atoms with E-state index in [9.17, 15) is 4.79 Å². The quantitative estimate of drug-likeness (QED) is 0.658. The average molecular weight is 364 g/mol. The van der Waals surface area contributed by atoms with Crippen molar-refractivity contribution in [1.29, 1.82) is 0 Å². The van der Waals surface area contributed by atoms with Crippen molar-refractivity contribution in [1.82, 2.24) is 19.7 Å². The van der Waals surface area contributed by atoms with Crippen LogP contribution in [0.5, 0.6) is 0 Å². The van der Waals surface area contributed by atoms with Gasteiger partial charge >= 0.3 is 0 Å². The van der Waals surface area contributed by atoms with Gasteiger partial charge in [0.1, 0.15) is 17.5 Å². The van der Waals surface area contributed by atoms with Crippen molar-refractivity contribution in [2.45, 2.75) is 19.8 Å². The molecule has 4 rings (SSSR count). The Morgan fingerprint density at radius 2 is 2.00 bits per heavy atom. The topological polar surface area (TPSA) is 74.6 Å². The fourth-order valence-electron chi connectivity index (χ4n) is 3.40. The van der Waals surface area contributed by atoms with Gasteiger partial charge in [0.15, 0.2) is 0 Å². The third-order valence-corrected chi connectivity index (χ3v) is 4.74. The summed E-state index contributed by atoms with van der Waals surface area (Å²) in [5.41, 5.74) is 1.67. The van der Waals surface area contributed by atoms with Crippen molar-refractivity contribution < 1.29 is 4.79 Å². The van der Waals surface area contributed by atoms with Crippen molar-refractivity contribution >= 4 is 23.1 Å². The number of amides is 1. The van der Waals surface area contributed by atoms with Gasteiger partial charge < -0.3 is 19.9 Å². The second-order valence-electron chi connectivity index (χ2n) is 6.80. The van der Waals surface area contributed by atoms with E-state index in [4.69, 9.17) is 0 Å². The van der Waals surface area contributed by atoms with E-state index in [-0.39, 0.29) is 5.91 Å². The van der Waals surface area contributed by atoms with E-state index in [0.717, 1.165) is 36.1 Å². The van der Waals surface area contributed by atoms with Crippen LogP contribution in [0.1, 0.15) is 29.0 Å². The lowest BCUT2D eigenvalue weighted by atomic mass is 10.3. The molecule has 0 bridgehead atoms. The summed E-state index contributed by atoms with van der Waals surface area (Å²) < 4.78 is 1.94. The highest BCUT2D eigenvalue weighted by atomic mass is 16.1. The minimum atomic E-state index is -0.0721. The van der Waals surface area contributed by atoms with Gasteiger partial charge in [0.2, 0.25) is 0 Å². The van der Waals surface area contributed by atoms with E-state index < -0.39 is 0 Å². The van der Waals surface area contributed by atoms with E-state index in [0.29, 0.717) is 18.7 Å². The molecule has 1 fully saturated rings. The first-order valence-electron chi connectivity index (χ1n) is 9.38. The van der Waals surface area contributed by atoms with Crippen LogP contribution in [0.3, 0.4) is 0 Å². The smallest absolute Gasteiger partial charge is 0.252 e. The highest BCUT2D eigenvalue weighted by Gasteiger charge is 2.15. The lowest BCUT2D eigenvalue weighted by Crippen LogP contribution is -2.28. The summed E-state index contributed by atoms with van der Waals surface area (Å²) in [6, 6.07) is 9.76. The zero-order valence-corrected chi connectivity index (χ0v) is 15.5. The molecule has 0 saturated carbocycles. The van der Waals surface area contributed by atoms with Crippen LogP contribution < -0.4 is 15.5 Å². The maximum atomic E-state index is 12.3. The number of hydrogen-bond donors (Lipinski definition) is 2. The molecular weight excluding hydrogens is 340 g/mol. The first-order valence-corrected chi connectivity index (χ1v) is 9.38. The third kappa shape index (κ3) is 4.02. The summed E-state index contributed by atoms with van der Waals surface area (Å²) in [6.07, 6.45) is 6.21. The van der Waals surface area contributed by atoms with E-state index in [1.807, 2.05) is 54.0 Å². The van der Waals surface area contributed by atoms with Crippen LogP contribution in [-0.2, 0) is 0 Å². The largest absolute Gasteiger partial charge is 0.368 e. The molecular formula is C20H24N6O. The molecule has 0 aliphatic carbocycles. The van der Waals surface area contributed by atoms with E-state index >= 15 is 0 Å². The van der Waals surface area contributed by atoms with Crippen molar-refractivity contribution in [3.8, 4) is 0 Å². The zero-order chi connectivity index (χ0) is 18.6. The number of hydrogen-bond acceptors (Lipinski definition) is 5. The molecule has 27 heavy (non-hydrogen) atoms. The molecule has 3 aromatic rings. The highest BCUT2D eigenvalue weighted by Crippen LogP contribution is 2.20. The maximum absolute atomic E-state index is 12.3. The number of rotatable bonds is 6. The minimum absolute atomic E-state index is 0.0721. The lowest BCUT2D eigenvalue weighted by Gasteiger charge is -2.17. The van der Waals surface area contributed by atoms with Crippen molar-refractivity contribution in [3.63, 3.8) is 0 Å². The van der Waals surface area contributed by atoms with Crippen LogP contribution in [-0.4, -0.2) is 46.5 Å². The standard InChI is InChI=1S/C20H24N6O/c1-15-23-18(13-19(24-15)25-9-4-5-10-25)21-7-8-22-20(27)16-12-17-6-2-3-11-26(17)14-16/h2-3,6,11-14H,4-5,7-10H2,1H3,(H,22,27)(H,21,23,24). The summed E-state index contributed by atoms with van der Waals surface area (Å²) in [7, 11) is 0. The molecule has 3 aromatic heterocycles. The van der Waals surface area contributed by atoms with E-state index in [2.05, 4.69) is 25.5 Å². The van der Waals surface area contributed by atoms with Gasteiger partial charge in [-0.3, -0.25) is 4.79 Å². The van der Waals surface area contributed by atoms with Crippen LogP contribution in [0, 0.1) is 6.92 Å². The Balaban J connectivity index is 1.31. The molecule has 1 amide bonds. The monoisotopic (exact) mass is 364 g/mol. The van der Waals surface area contributed by atoms with Crippen LogP contribution in [0.15, 0.2) is 42.7 Å². The van der Waals surface area contributed by atoms with Crippen LogP contribution in [0.4, 0.5) is 11.6 Å². The molecule has 0 radical (unpaired) electrons. The second-order valence-corrected chi connectivity index (χ2v) is 6.80. The normalized spacial score (nSPS) is 13.9. The predicted molar refractivity (Wildman–Crippen MR) is 106 cm³/mol. The van der Waals surface area contributed by atoms with E-state index in [1.165, 1.54) is 12.8 Å². The molecule has 0 unspecified atom stereocenters. The molecule has 0 spiro atoms. The average Bonchev–Trinajstić information content (AvgIpc) is 3.34. The van der Waals surface area contributed by atoms with Crippen molar-refractivity contribution in [2.24, 2.45) is 0 Å². The summed E-state index contributed by atoms with van der Waals surface area (Å²) in [5, 5.41) is 6.23. The Bertz CT molecular complexity index is 912. The minimum Gasteiger partial charge on any atom is -0.368 e. The fourth-order valence-corrected chi connectivity index (χ4v) is 3.40. The number of aryl methyl sites for hydroxylation is 1. The predicted octanol–water partition coefficient (Wildman–Crippen LogP) is 2.48. The first kappa shape index (κ1) is 17.3. The Hall–Kier alpha value is -3.09. The number of carbonyl (C=O) groups is 1. The number of nitrogens with one attached hydrogen (secondary N) is 2. The Morgan fingerprint density at radius 3 is 2.81 bits per heavy atom. The van der Waals surface area contributed by atoms with Gasteiger partial charge in [0.25, 0.3) is 5.91 Å². The van der Waals surface area contributed by atoms with Crippen molar-refractivity contribution in [3.05, 3.63) is 54.1 Å². The van der Waals surface area contributed by atoms with Gasteiger partial charge in [0.05, 0.1) is 5.56 Å². The summed E-state index contributed by atoms with van der Waals surface area (Å²) in [5.74, 6) is 2.46. The maximum Gasteiger partial charge on any atom is 0.252 e. The van der Waals surface area contributed by atoms with Crippen LogP contribution in [0.2, 0.25) is 0 Å². The van der Waals surface area contributed by atoms with E-state index in [1.54, 1.807) is 0 Å². The van der Waals surface area contributed by atoms with Gasteiger partial charge in [-0.1, -0.05) is 6.07 Å². The Kier molecular flexibility index (Phi) is 4.91. The summed E-state index contributed by atoms with van der Waals surface area (Å²) in [6.45, 7) is 5.14. The molecule has 1 aliphatic rings. The van der Waals surface area contributed by atoms with Crippen molar-refractivity contribution in [2.75, 3.05) is 36.4 Å². The summed E-state index contributed by atoms with van der Waals surface area (Å²) in [4.78, 5) is 23.6. The Morgan fingerprint density at radius 1 is 1.15 bits per heavy atom. The molecule has 2 N–H and O–H groups in total. The Labute approximate surface area is 158 Å². The van der Waals surface area contributed by atoms with Gasteiger partial charge in [0, 0.05) is 50.2 Å². The third-order valence-electron chi connectivity index (χ3n) is 4.74. The second kappa shape index (κ2) is 7.65. The molecule has 1 aliphatic heterocycles. The molecule has 1 saturated heterocycles. The fraction of sp³-hybridized carbons (Fsp3) is 0.350. The number of fused-ring (bicyclic) bond motifs is 1. The van der Waals surface area contributed by atoms with Gasteiger partial charge in [-0.05, 0) is 38.0 Å². The van der Waals surface area contributed by atoms with Crippen LogP contribution in [0.25, 0.3) is 5.52 Å². The molecule has 0 atom stereocenters. The number of pyridine rings is 1. The summed E-state index contributed by atoms with van der Waals surface area (Å²) >= 11 is 0. The van der Waals surface area contributed by atoms with Gasteiger partial charge in [-0.15, -0.1) is 0 Å². The lowest BCUT2D eigenvalue weighted by molar-refractivity contribution is 0.0955.